The molecule has 2 amide bonds. The molecule has 5 heteroatoms. The largest absolute Gasteiger partial charge is 0.324 e. The highest BCUT2D eigenvalue weighted by atomic mass is 16.7. The highest BCUT2D eigenvalue weighted by Crippen LogP contribution is 2.36. The number of anilines is 1. The number of hydrogen-bond acceptors (Lipinski definition) is 3. The van der Waals surface area contributed by atoms with Crippen LogP contribution in [0.15, 0.2) is 54.6 Å². The van der Waals surface area contributed by atoms with Crippen LogP contribution >= 0.6 is 0 Å². The molecule has 2 N–H and O–H groups in total. The molecule has 5 rings (SSSR count). The van der Waals surface area contributed by atoms with Gasteiger partial charge in [0.05, 0.1) is 5.70 Å². The Balaban J connectivity index is 1.16. The predicted octanol–water partition coefficient (Wildman–Crippen LogP) is 6.97. The summed E-state index contributed by atoms with van der Waals surface area (Å²) in [5.74, 6) is 0.720. The summed E-state index contributed by atoms with van der Waals surface area (Å²) in [5, 5.41) is 3.05. The van der Waals surface area contributed by atoms with Crippen molar-refractivity contribution < 1.29 is 9.63 Å². The minimum absolute atomic E-state index is 0.0446. The molecule has 0 aromatic heterocycles. The highest BCUT2D eigenvalue weighted by molar-refractivity contribution is 5.89. The summed E-state index contributed by atoms with van der Waals surface area (Å²) in [4.78, 5) is 20.8. The van der Waals surface area contributed by atoms with Gasteiger partial charge >= 0.3 is 6.03 Å². The van der Waals surface area contributed by atoms with Crippen LogP contribution in [0.2, 0.25) is 0 Å². The number of amides is 2. The molecule has 2 aromatic carbocycles. The lowest BCUT2D eigenvalue weighted by Crippen LogP contribution is -2.48. The van der Waals surface area contributed by atoms with E-state index in [0.29, 0.717) is 13.1 Å². The molecule has 3 aliphatic rings. The molecule has 1 aliphatic carbocycles. The standard InChI is InChI=1S/C30H39N3O2/c1-29(2,3)25-13-15-26(16-14-25)31-28(34)33-19-17-30(18-20-33)21-27(32-35-30)24-11-9-23(10-12-24)22-7-5-4-6-8-22/h9-16,21-22,32H,4-8,17-20H2,1-3H3,(H,31,34). The van der Waals surface area contributed by atoms with Crippen LogP contribution in [0.25, 0.3) is 5.70 Å². The van der Waals surface area contributed by atoms with E-state index in [-0.39, 0.29) is 17.0 Å². The van der Waals surface area contributed by atoms with Crippen LogP contribution in [0.5, 0.6) is 0 Å². The topological polar surface area (TPSA) is 53.6 Å². The summed E-state index contributed by atoms with van der Waals surface area (Å²) >= 11 is 0. The molecule has 0 atom stereocenters. The zero-order valence-electron chi connectivity index (χ0n) is 21.4. The summed E-state index contributed by atoms with van der Waals surface area (Å²) in [6, 6.07) is 17.1. The fourth-order valence-electron chi connectivity index (χ4n) is 5.58. The first-order valence-corrected chi connectivity index (χ1v) is 13.3. The molecule has 2 aromatic rings. The van der Waals surface area contributed by atoms with Crippen molar-refractivity contribution >= 4 is 17.4 Å². The third kappa shape index (κ3) is 5.40. The van der Waals surface area contributed by atoms with Gasteiger partial charge in [-0.25, -0.2) is 4.79 Å². The molecular formula is C30H39N3O2. The summed E-state index contributed by atoms with van der Waals surface area (Å²) < 4.78 is 0. The average Bonchev–Trinajstić information content (AvgIpc) is 3.28. The maximum Gasteiger partial charge on any atom is 0.321 e. The lowest BCUT2D eigenvalue weighted by Gasteiger charge is -2.36. The third-order valence-corrected chi connectivity index (χ3v) is 7.97. The van der Waals surface area contributed by atoms with Gasteiger partial charge in [-0.05, 0) is 59.1 Å². The lowest BCUT2D eigenvalue weighted by atomic mass is 9.84. The van der Waals surface area contributed by atoms with Gasteiger partial charge in [-0.1, -0.05) is 76.4 Å². The number of nitrogens with one attached hydrogen (secondary N) is 2. The second-order valence-electron chi connectivity index (χ2n) is 11.5. The van der Waals surface area contributed by atoms with Crippen LogP contribution in [-0.2, 0) is 10.3 Å². The number of rotatable bonds is 3. The van der Waals surface area contributed by atoms with Gasteiger partial charge in [0.25, 0.3) is 0 Å². The Bertz CT molecular complexity index is 1050. The first kappa shape index (κ1) is 23.9. The zero-order valence-corrected chi connectivity index (χ0v) is 21.4. The van der Waals surface area contributed by atoms with Gasteiger partial charge in [0, 0.05) is 31.6 Å². The van der Waals surface area contributed by atoms with E-state index >= 15 is 0 Å². The normalized spacial score (nSPS) is 20.4. The van der Waals surface area contributed by atoms with Crippen LogP contribution < -0.4 is 10.8 Å². The second kappa shape index (κ2) is 9.69. The van der Waals surface area contributed by atoms with Gasteiger partial charge in [-0.15, -0.1) is 0 Å². The maximum atomic E-state index is 12.8. The van der Waals surface area contributed by atoms with E-state index in [4.69, 9.17) is 4.84 Å². The molecule has 2 fully saturated rings. The molecule has 5 nitrogen and oxygen atoms in total. The predicted molar refractivity (Wildman–Crippen MR) is 142 cm³/mol. The fourth-order valence-corrected chi connectivity index (χ4v) is 5.58. The van der Waals surface area contributed by atoms with Gasteiger partial charge in [0.1, 0.15) is 5.60 Å². The van der Waals surface area contributed by atoms with E-state index in [9.17, 15) is 4.79 Å². The van der Waals surface area contributed by atoms with Crippen LogP contribution in [-0.4, -0.2) is 29.6 Å². The monoisotopic (exact) mass is 473 g/mol. The van der Waals surface area contributed by atoms with Crippen molar-refractivity contribution in [1.82, 2.24) is 10.4 Å². The van der Waals surface area contributed by atoms with Gasteiger partial charge in [0.2, 0.25) is 0 Å². The Morgan fingerprint density at radius 2 is 1.63 bits per heavy atom. The fraction of sp³-hybridized carbons (Fsp3) is 0.500. The van der Waals surface area contributed by atoms with Gasteiger partial charge in [-0.3, -0.25) is 10.3 Å². The maximum absolute atomic E-state index is 12.8. The minimum Gasteiger partial charge on any atom is -0.324 e. The third-order valence-electron chi connectivity index (χ3n) is 7.97. The molecule has 1 saturated heterocycles. The van der Waals surface area contributed by atoms with Crippen LogP contribution in [0.4, 0.5) is 10.5 Å². The van der Waals surface area contributed by atoms with Crippen molar-refractivity contribution in [2.75, 3.05) is 18.4 Å². The minimum atomic E-state index is -0.345. The van der Waals surface area contributed by atoms with E-state index in [1.165, 1.54) is 48.8 Å². The number of likely N-dealkylation sites (tertiary alicyclic amines) is 1. The molecular weight excluding hydrogens is 434 g/mol. The molecule has 0 bridgehead atoms. The number of benzene rings is 2. The summed E-state index contributed by atoms with van der Waals surface area (Å²) in [5.41, 5.74) is 8.70. The molecule has 1 saturated carbocycles. The highest BCUT2D eigenvalue weighted by Gasteiger charge is 2.40. The average molecular weight is 474 g/mol. The zero-order chi connectivity index (χ0) is 24.5. The van der Waals surface area contributed by atoms with E-state index < -0.39 is 0 Å². The van der Waals surface area contributed by atoms with Crippen molar-refractivity contribution in [3.63, 3.8) is 0 Å². The van der Waals surface area contributed by atoms with Crippen molar-refractivity contribution in [3.8, 4) is 0 Å². The molecule has 0 unspecified atom stereocenters. The Hall–Kier alpha value is -2.79. The summed E-state index contributed by atoms with van der Waals surface area (Å²) in [6.45, 7) is 7.90. The number of nitrogens with zero attached hydrogens (tertiary/aromatic N) is 1. The summed E-state index contributed by atoms with van der Waals surface area (Å²) in [6.07, 6.45) is 10.5. The van der Waals surface area contributed by atoms with E-state index in [2.05, 4.69) is 74.0 Å². The smallest absolute Gasteiger partial charge is 0.321 e. The Labute approximate surface area is 209 Å². The Morgan fingerprint density at radius 3 is 2.26 bits per heavy atom. The first-order chi connectivity index (χ1) is 16.8. The molecule has 2 heterocycles. The number of carbonyl (C=O) groups is 1. The second-order valence-corrected chi connectivity index (χ2v) is 11.5. The quantitative estimate of drug-likeness (QED) is 0.506. The molecule has 35 heavy (non-hydrogen) atoms. The van der Waals surface area contributed by atoms with Gasteiger partial charge < -0.3 is 10.2 Å². The SMILES string of the molecule is CC(C)(C)c1ccc(NC(=O)N2CCC3(C=C(c4ccc(C5CCCCC5)cc4)NO3)CC2)cc1. The van der Waals surface area contributed by atoms with Crippen molar-refractivity contribution in [2.45, 2.75) is 82.7 Å². The van der Waals surface area contributed by atoms with Gasteiger partial charge in [-0.2, -0.15) is 0 Å². The van der Waals surface area contributed by atoms with E-state index in [1.54, 1.807) is 0 Å². The molecule has 1 spiro atoms. The first-order valence-electron chi connectivity index (χ1n) is 13.3. The summed E-state index contributed by atoms with van der Waals surface area (Å²) in [7, 11) is 0. The number of hydrogen-bond donors (Lipinski definition) is 2. The van der Waals surface area contributed by atoms with Crippen molar-refractivity contribution in [2.24, 2.45) is 0 Å². The van der Waals surface area contributed by atoms with Crippen molar-refractivity contribution in [3.05, 3.63) is 71.3 Å². The van der Waals surface area contributed by atoms with Crippen LogP contribution in [0, 0.1) is 0 Å². The van der Waals surface area contributed by atoms with Crippen molar-refractivity contribution in [1.29, 1.82) is 0 Å². The number of piperidine rings is 1. The van der Waals surface area contributed by atoms with Crippen LogP contribution in [0.3, 0.4) is 0 Å². The molecule has 186 valence electrons. The van der Waals surface area contributed by atoms with E-state index in [1.807, 2.05) is 17.0 Å². The Kier molecular flexibility index (Phi) is 6.63. The molecule has 0 radical (unpaired) electrons. The lowest BCUT2D eigenvalue weighted by molar-refractivity contribution is -0.0634. The van der Waals surface area contributed by atoms with E-state index in [0.717, 1.165) is 30.1 Å². The molecule has 2 aliphatic heterocycles. The number of urea groups is 1. The Morgan fingerprint density at radius 1 is 0.971 bits per heavy atom. The van der Waals surface area contributed by atoms with Gasteiger partial charge in [0.15, 0.2) is 0 Å². The number of hydroxylamine groups is 1. The van der Waals surface area contributed by atoms with Crippen LogP contribution in [0.1, 0.15) is 88.3 Å². The number of carbonyl (C=O) groups excluding carboxylic acids is 1.